The first kappa shape index (κ1) is 18.6. The van der Waals surface area contributed by atoms with Crippen molar-refractivity contribution in [1.29, 1.82) is 0 Å². The zero-order valence-corrected chi connectivity index (χ0v) is 16.2. The monoisotopic (exact) mass is 353 g/mol. The van der Waals surface area contributed by atoms with Gasteiger partial charge in [-0.05, 0) is 67.0 Å². The molecule has 3 heteroatoms. The zero-order chi connectivity index (χ0) is 19.1. The van der Waals surface area contributed by atoms with E-state index >= 15 is 0 Å². The molecular formula is C23H27FO2. The number of fused-ring (bicyclic) bond motifs is 1. The van der Waals surface area contributed by atoms with Gasteiger partial charge in [-0.2, -0.15) is 0 Å². The van der Waals surface area contributed by atoms with Crippen LogP contribution in [0.15, 0.2) is 42.5 Å². The highest BCUT2D eigenvalue weighted by Gasteiger charge is 2.28. The molecule has 1 aliphatic heterocycles. The SMILES string of the molecule is CC1(C)CCc2cc(C(=O)C([18F])c3ccc(C(C)(C)C)cc3)ccc2O1. The minimum absolute atomic E-state index is 0.000614. The molecule has 2 nitrogen and oxygen atoms in total. The number of carbonyl (C=O) groups excluding carboxylic acids is 1. The topological polar surface area (TPSA) is 26.3 Å². The molecule has 0 bridgehead atoms. The molecule has 1 unspecified atom stereocenters. The van der Waals surface area contributed by atoms with Crippen molar-refractivity contribution in [3.63, 3.8) is 0 Å². The first-order valence-corrected chi connectivity index (χ1v) is 9.17. The van der Waals surface area contributed by atoms with Crippen LogP contribution in [0.3, 0.4) is 0 Å². The molecule has 0 spiro atoms. The summed E-state index contributed by atoms with van der Waals surface area (Å²) in [5, 5.41) is 0. The molecule has 0 radical (unpaired) electrons. The van der Waals surface area contributed by atoms with E-state index in [1.54, 1.807) is 30.3 Å². The summed E-state index contributed by atoms with van der Waals surface area (Å²) in [6.45, 7) is 10.4. The predicted molar refractivity (Wildman–Crippen MR) is 103 cm³/mol. The molecule has 26 heavy (non-hydrogen) atoms. The van der Waals surface area contributed by atoms with Gasteiger partial charge in [0.1, 0.15) is 11.4 Å². The second-order valence-electron chi connectivity index (χ2n) is 8.78. The van der Waals surface area contributed by atoms with Crippen LogP contribution in [-0.4, -0.2) is 11.4 Å². The molecule has 0 aliphatic carbocycles. The molecule has 3 rings (SSSR count). The number of ether oxygens (including phenoxy) is 1. The number of hydrogen-bond acceptors (Lipinski definition) is 2. The summed E-state index contributed by atoms with van der Waals surface area (Å²) in [5.74, 6) is 0.295. The standard InChI is InChI=1S/C23H27FO2/c1-22(2,3)18-9-6-15(7-10-18)20(24)21(25)17-8-11-19-16(14-17)12-13-23(4,5)26-19/h6-11,14,20H,12-13H2,1-5H3/i24-1. The third-order valence-electron chi connectivity index (χ3n) is 5.03. The highest BCUT2D eigenvalue weighted by molar-refractivity contribution is 6.00. The van der Waals surface area contributed by atoms with Gasteiger partial charge < -0.3 is 4.74 Å². The molecule has 1 aliphatic rings. The van der Waals surface area contributed by atoms with E-state index < -0.39 is 12.0 Å². The largest absolute Gasteiger partial charge is 0.488 e. The molecule has 2 aromatic carbocycles. The lowest BCUT2D eigenvalue weighted by atomic mass is 9.86. The van der Waals surface area contributed by atoms with Crippen LogP contribution in [0.2, 0.25) is 0 Å². The predicted octanol–water partition coefficient (Wildman–Crippen LogP) is 5.98. The zero-order valence-electron chi connectivity index (χ0n) is 16.2. The van der Waals surface area contributed by atoms with Crippen LogP contribution in [0.5, 0.6) is 5.75 Å². The lowest BCUT2D eigenvalue weighted by Crippen LogP contribution is -2.32. The van der Waals surface area contributed by atoms with E-state index in [9.17, 15) is 9.18 Å². The molecule has 0 saturated heterocycles. The van der Waals surface area contributed by atoms with E-state index in [1.165, 1.54) is 0 Å². The number of aryl methyl sites for hydroxylation is 1. The van der Waals surface area contributed by atoms with Gasteiger partial charge in [0.2, 0.25) is 5.78 Å². The van der Waals surface area contributed by atoms with Crippen molar-refractivity contribution in [3.05, 3.63) is 64.7 Å². The van der Waals surface area contributed by atoms with Crippen LogP contribution in [0.25, 0.3) is 0 Å². The van der Waals surface area contributed by atoms with Crippen molar-refractivity contribution in [3.8, 4) is 5.75 Å². The van der Waals surface area contributed by atoms with Crippen LogP contribution in [0, 0.1) is 0 Å². The van der Waals surface area contributed by atoms with E-state index in [0.717, 1.165) is 29.7 Å². The number of halogens is 1. The smallest absolute Gasteiger partial charge is 0.201 e. The second kappa shape index (κ2) is 6.53. The maximum atomic E-state index is 14.8. The summed E-state index contributed by atoms with van der Waals surface area (Å²) < 4.78 is 20.8. The van der Waals surface area contributed by atoms with Gasteiger partial charge in [0.25, 0.3) is 0 Å². The van der Waals surface area contributed by atoms with Crippen LogP contribution in [0.4, 0.5) is 4.39 Å². The summed E-state index contributed by atoms with van der Waals surface area (Å²) in [5.41, 5.74) is 2.70. The number of carbonyl (C=O) groups is 1. The third kappa shape index (κ3) is 3.82. The summed E-state index contributed by atoms with van der Waals surface area (Å²) in [7, 11) is 0. The molecule has 0 N–H and O–H groups in total. The number of ketones is 1. The molecule has 0 saturated carbocycles. The van der Waals surface area contributed by atoms with Gasteiger partial charge in [-0.25, -0.2) is 4.39 Å². The average Bonchev–Trinajstić information content (AvgIpc) is 2.58. The quantitative estimate of drug-likeness (QED) is 0.634. The molecule has 0 fully saturated rings. The Kier molecular flexibility index (Phi) is 4.68. The minimum Gasteiger partial charge on any atom is -0.488 e. The molecule has 0 aromatic heterocycles. The van der Waals surface area contributed by atoms with Gasteiger partial charge >= 0.3 is 0 Å². The third-order valence-corrected chi connectivity index (χ3v) is 5.03. The van der Waals surface area contributed by atoms with Crippen molar-refractivity contribution in [1.82, 2.24) is 0 Å². The molecule has 0 amide bonds. The van der Waals surface area contributed by atoms with Crippen LogP contribution in [-0.2, 0) is 11.8 Å². The van der Waals surface area contributed by atoms with E-state index in [0.29, 0.717) is 11.1 Å². The molecule has 1 heterocycles. The lowest BCUT2D eigenvalue weighted by Gasteiger charge is -2.32. The maximum Gasteiger partial charge on any atom is 0.201 e. The van der Waals surface area contributed by atoms with Gasteiger partial charge in [0.05, 0.1) is 0 Å². The van der Waals surface area contributed by atoms with Gasteiger partial charge in [0, 0.05) is 5.56 Å². The van der Waals surface area contributed by atoms with Crippen LogP contribution >= 0.6 is 0 Å². The number of Topliss-reactive ketones (excluding diaryl/α,β-unsaturated/α-hetero) is 1. The highest BCUT2D eigenvalue weighted by Crippen LogP contribution is 2.35. The minimum atomic E-state index is -1.65. The van der Waals surface area contributed by atoms with Crippen molar-refractivity contribution in [2.45, 2.75) is 64.6 Å². The summed E-state index contributed by atoms with van der Waals surface area (Å²) in [6.07, 6.45) is 0.0640. The average molecular weight is 353 g/mol. The van der Waals surface area contributed by atoms with Crippen molar-refractivity contribution >= 4 is 5.78 Å². The van der Waals surface area contributed by atoms with E-state index in [1.807, 2.05) is 26.0 Å². The Labute approximate surface area is 155 Å². The van der Waals surface area contributed by atoms with E-state index in [-0.39, 0.29) is 11.0 Å². The Morgan fingerprint density at radius 2 is 1.77 bits per heavy atom. The Morgan fingerprint density at radius 3 is 2.38 bits per heavy atom. The first-order chi connectivity index (χ1) is 12.1. The molecule has 1 atom stereocenters. The number of hydrogen-bond donors (Lipinski definition) is 0. The van der Waals surface area contributed by atoms with Gasteiger partial charge in [-0.3, -0.25) is 4.79 Å². The first-order valence-electron chi connectivity index (χ1n) is 9.17. The molecule has 2 aromatic rings. The summed E-state index contributed by atoms with van der Waals surface area (Å²) >= 11 is 0. The Bertz CT molecular complexity index is 813. The van der Waals surface area contributed by atoms with E-state index in [2.05, 4.69) is 20.8 Å². The molecule has 138 valence electrons. The van der Waals surface area contributed by atoms with Gasteiger partial charge in [0.15, 0.2) is 6.17 Å². The lowest BCUT2D eigenvalue weighted by molar-refractivity contribution is 0.0841. The van der Waals surface area contributed by atoms with Crippen molar-refractivity contribution in [2.75, 3.05) is 0 Å². The van der Waals surface area contributed by atoms with Gasteiger partial charge in [-0.15, -0.1) is 0 Å². The van der Waals surface area contributed by atoms with Crippen molar-refractivity contribution in [2.24, 2.45) is 0 Å². The number of rotatable bonds is 3. The van der Waals surface area contributed by atoms with Gasteiger partial charge in [-0.1, -0.05) is 45.0 Å². The summed E-state index contributed by atoms with van der Waals surface area (Å²) in [4.78, 5) is 12.6. The highest BCUT2D eigenvalue weighted by atomic mass is 18.2. The Hall–Kier alpha value is -2.16. The number of alkyl halides is 1. The Morgan fingerprint density at radius 1 is 1.12 bits per heavy atom. The van der Waals surface area contributed by atoms with Crippen molar-refractivity contribution < 1.29 is 13.9 Å². The molecular weight excluding hydrogens is 326 g/mol. The maximum absolute atomic E-state index is 14.8. The van der Waals surface area contributed by atoms with Crippen LogP contribution in [0.1, 0.15) is 74.3 Å². The summed E-state index contributed by atoms with van der Waals surface area (Å²) in [6, 6.07) is 12.5. The Balaban J connectivity index is 1.81. The number of benzene rings is 2. The van der Waals surface area contributed by atoms with E-state index in [4.69, 9.17) is 4.74 Å². The fraction of sp³-hybridized carbons (Fsp3) is 0.435. The fourth-order valence-corrected chi connectivity index (χ4v) is 3.26. The normalized spacial score (nSPS) is 17.2. The second-order valence-corrected chi connectivity index (χ2v) is 8.78. The fourth-order valence-electron chi connectivity index (χ4n) is 3.26. The van der Waals surface area contributed by atoms with Crippen LogP contribution < -0.4 is 4.74 Å².